The van der Waals surface area contributed by atoms with Crippen LogP contribution in [0.4, 0.5) is 5.69 Å². The predicted molar refractivity (Wildman–Crippen MR) is 78.0 cm³/mol. The summed E-state index contributed by atoms with van der Waals surface area (Å²) in [5, 5.41) is 0. The molecule has 1 aromatic carbocycles. The first-order valence-corrected chi connectivity index (χ1v) is 6.93. The summed E-state index contributed by atoms with van der Waals surface area (Å²) in [6.07, 6.45) is 2.31. The van der Waals surface area contributed by atoms with Crippen LogP contribution in [0.3, 0.4) is 0 Å². The molecule has 0 amide bonds. The van der Waals surface area contributed by atoms with Crippen molar-refractivity contribution in [2.75, 3.05) is 38.1 Å². The number of likely N-dealkylation sites (N-methyl/N-ethyl adjacent to an activating group) is 1. The smallest absolute Gasteiger partial charge is 0.0366 e. The number of piperidine rings is 1. The lowest BCUT2D eigenvalue weighted by atomic mass is 9.85. The maximum atomic E-state index is 6.04. The largest absolute Gasteiger partial charge is 0.371 e. The minimum absolute atomic E-state index is 0.208. The Morgan fingerprint density at radius 2 is 1.83 bits per heavy atom. The Morgan fingerprint density at radius 1 is 1.22 bits per heavy atom. The topological polar surface area (TPSA) is 32.5 Å². The van der Waals surface area contributed by atoms with Gasteiger partial charge in [-0.15, -0.1) is 0 Å². The number of anilines is 1. The van der Waals surface area contributed by atoms with Crippen molar-refractivity contribution in [3.63, 3.8) is 0 Å². The van der Waals surface area contributed by atoms with Crippen molar-refractivity contribution < 1.29 is 0 Å². The lowest BCUT2D eigenvalue weighted by Gasteiger charge is -2.47. The second kappa shape index (κ2) is 5.72. The fraction of sp³-hybridized carbons (Fsp3) is 0.600. The van der Waals surface area contributed by atoms with Crippen molar-refractivity contribution in [3.05, 3.63) is 30.3 Å². The van der Waals surface area contributed by atoms with Crippen LogP contribution in [0.1, 0.15) is 19.8 Å². The average Bonchev–Trinajstić information content (AvgIpc) is 2.47. The van der Waals surface area contributed by atoms with Gasteiger partial charge < -0.3 is 10.6 Å². The standard InChI is InChI=1S/C15H25N3/c1-3-17(2)15(13-16)9-11-18(12-10-15)14-7-5-4-6-8-14/h4-8H,3,9-13,16H2,1-2H3. The van der Waals surface area contributed by atoms with E-state index in [1.54, 1.807) is 0 Å². The van der Waals surface area contributed by atoms with Crippen LogP contribution in [0.2, 0.25) is 0 Å². The predicted octanol–water partition coefficient (Wildman–Crippen LogP) is 1.94. The maximum Gasteiger partial charge on any atom is 0.0366 e. The molecule has 0 spiro atoms. The monoisotopic (exact) mass is 247 g/mol. The summed E-state index contributed by atoms with van der Waals surface area (Å²) in [6, 6.07) is 10.7. The van der Waals surface area contributed by atoms with E-state index in [2.05, 4.69) is 54.1 Å². The summed E-state index contributed by atoms with van der Waals surface area (Å²) >= 11 is 0. The molecular formula is C15H25N3. The molecule has 3 heteroatoms. The van der Waals surface area contributed by atoms with Gasteiger partial charge in [0, 0.05) is 30.9 Å². The van der Waals surface area contributed by atoms with Crippen LogP contribution in [-0.2, 0) is 0 Å². The molecule has 1 aliphatic rings. The van der Waals surface area contributed by atoms with Crippen molar-refractivity contribution in [2.24, 2.45) is 5.73 Å². The van der Waals surface area contributed by atoms with Gasteiger partial charge in [0.05, 0.1) is 0 Å². The molecule has 18 heavy (non-hydrogen) atoms. The molecule has 0 atom stereocenters. The van der Waals surface area contributed by atoms with Gasteiger partial charge in [-0.1, -0.05) is 25.1 Å². The van der Waals surface area contributed by atoms with E-state index in [1.807, 2.05) is 0 Å². The fourth-order valence-electron chi connectivity index (χ4n) is 2.90. The summed E-state index contributed by atoms with van der Waals surface area (Å²) in [7, 11) is 2.20. The third-order valence-corrected chi connectivity index (χ3v) is 4.48. The molecule has 1 aromatic rings. The molecular weight excluding hydrogens is 222 g/mol. The van der Waals surface area contributed by atoms with E-state index in [1.165, 1.54) is 5.69 Å². The number of hydrogen-bond donors (Lipinski definition) is 1. The zero-order valence-corrected chi connectivity index (χ0v) is 11.6. The van der Waals surface area contributed by atoms with Gasteiger partial charge in [-0.2, -0.15) is 0 Å². The molecule has 0 bridgehead atoms. The number of benzene rings is 1. The molecule has 3 nitrogen and oxygen atoms in total. The molecule has 2 N–H and O–H groups in total. The normalized spacial score (nSPS) is 19.2. The van der Waals surface area contributed by atoms with Crippen LogP contribution in [0.15, 0.2) is 30.3 Å². The van der Waals surface area contributed by atoms with Crippen molar-refractivity contribution in [3.8, 4) is 0 Å². The molecule has 1 fully saturated rings. The number of nitrogens with zero attached hydrogens (tertiary/aromatic N) is 2. The van der Waals surface area contributed by atoms with E-state index < -0.39 is 0 Å². The van der Waals surface area contributed by atoms with Gasteiger partial charge in [0.15, 0.2) is 0 Å². The Hall–Kier alpha value is -1.06. The van der Waals surface area contributed by atoms with E-state index in [4.69, 9.17) is 5.73 Å². The molecule has 0 aliphatic carbocycles. The highest BCUT2D eigenvalue weighted by atomic mass is 15.2. The summed E-state index contributed by atoms with van der Waals surface area (Å²) in [6.45, 7) is 6.25. The van der Waals surface area contributed by atoms with Crippen LogP contribution < -0.4 is 10.6 Å². The number of rotatable bonds is 4. The Bertz CT molecular complexity index is 355. The highest BCUT2D eigenvalue weighted by Crippen LogP contribution is 2.29. The van der Waals surface area contributed by atoms with Crippen LogP contribution in [0.25, 0.3) is 0 Å². The first-order chi connectivity index (χ1) is 8.72. The summed E-state index contributed by atoms with van der Waals surface area (Å²) in [5.74, 6) is 0. The molecule has 0 saturated carbocycles. The second-order valence-electron chi connectivity index (χ2n) is 5.27. The highest BCUT2D eigenvalue weighted by Gasteiger charge is 2.36. The quantitative estimate of drug-likeness (QED) is 0.882. The number of para-hydroxylation sites is 1. The summed E-state index contributed by atoms with van der Waals surface area (Å²) in [5.41, 5.74) is 7.58. The first-order valence-electron chi connectivity index (χ1n) is 6.93. The van der Waals surface area contributed by atoms with Crippen molar-refractivity contribution in [2.45, 2.75) is 25.3 Å². The van der Waals surface area contributed by atoms with Gasteiger partial charge >= 0.3 is 0 Å². The lowest BCUT2D eigenvalue weighted by molar-refractivity contribution is 0.103. The van der Waals surface area contributed by atoms with Crippen LogP contribution >= 0.6 is 0 Å². The van der Waals surface area contributed by atoms with Crippen LogP contribution in [0, 0.1) is 0 Å². The van der Waals surface area contributed by atoms with Crippen molar-refractivity contribution in [1.82, 2.24) is 4.90 Å². The van der Waals surface area contributed by atoms with E-state index in [-0.39, 0.29) is 5.54 Å². The molecule has 100 valence electrons. The van der Waals surface area contributed by atoms with Crippen LogP contribution in [-0.4, -0.2) is 43.7 Å². The van der Waals surface area contributed by atoms with Crippen molar-refractivity contribution in [1.29, 1.82) is 0 Å². The Labute approximate surface area is 111 Å². The van der Waals surface area contributed by atoms with Gasteiger partial charge in [-0.25, -0.2) is 0 Å². The Morgan fingerprint density at radius 3 is 2.33 bits per heavy atom. The minimum atomic E-state index is 0.208. The first kappa shape index (κ1) is 13.4. The highest BCUT2D eigenvalue weighted by molar-refractivity contribution is 5.46. The lowest BCUT2D eigenvalue weighted by Crippen LogP contribution is -2.58. The zero-order chi connectivity index (χ0) is 13.0. The SMILES string of the molecule is CCN(C)C1(CN)CCN(c2ccccc2)CC1. The zero-order valence-electron chi connectivity index (χ0n) is 11.6. The molecule has 1 saturated heterocycles. The maximum absolute atomic E-state index is 6.04. The molecule has 0 radical (unpaired) electrons. The van der Waals surface area contributed by atoms with Gasteiger partial charge in [0.25, 0.3) is 0 Å². The van der Waals surface area contributed by atoms with E-state index >= 15 is 0 Å². The fourth-order valence-corrected chi connectivity index (χ4v) is 2.90. The molecule has 1 heterocycles. The Balaban J connectivity index is 2.03. The van der Waals surface area contributed by atoms with Crippen molar-refractivity contribution >= 4 is 5.69 Å². The average molecular weight is 247 g/mol. The summed E-state index contributed by atoms with van der Waals surface area (Å²) in [4.78, 5) is 4.90. The molecule has 2 rings (SSSR count). The third-order valence-electron chi connectivity index (χ3n) is 4.48. The van der Waals surface area contributed by atoms with E-state index in [9.17, 15) is 0 Å². The van der Waals surface area contributed by atoms with Gasteiger partial charge in [-0.05, 0) is 38.6 Å². The third kappa shape index (κ3) is 2.52. The second-order valence-corrected chi connectivity index (χ2v) is 5.27. The molecule has 1 aliphatic heterocycles. The number of nitrogens with two attached hydrogens (primary N) is 1. The van der Waals surface area contributed by atoms with Gasteiger partial charge in [0.1, 0.15) is 0 Å². The number of hydrogen-bond acceptors (Lipinski definition) is 3. The van der Waals surface area contributed by atoms with E-state index in [0.717, 1.165) is 39.0 Å². The van der Waals surface area contributed by atoms with Gasteiger partial charge in [-0.3, -0.25) is 4.90 Å². The summed E-state index contributed by atoms with van der Waals surface area (Å²) < 4.78 is 0. The molecule has 0 unspecified atom stereocenters. The molecule has 0 aromatic heterocycles. The van der Waals surface area contributed by atoms with E-state index in [0.29, 0.717) is 0 Å². The Kier molecular flexibility index (Phi) is 4.25. The van der Waals surface area contributed by atoms with Crippen LogP contribution in [0.5, 0.6) is 0 Å². The minimum Gasteiger partial charge on any atom is -0.371 e. The van der Waals surface area contributed by atoms with Gasteiger partial charge in [0.2, 0.25) is 0 Å².